The van der Waals surface area contributed by atoms with Gasteiger partial charge in [-0.15, -0.1) is 0 Å². The predicted octanol–water partition coefficient (Wildman–Crippen LogP) is 5.64. The maximum atomic E-state index is 5.79. The fourth-order valence-corrected chi connectivity index (χ4v) is 3.58. The Hall–Kier alpha value is -1.38. The van der Waals surface area contributed by atoms with E-state index in [-0.39, 0.29) is 7.12 Å². The summed E-state index contributed by atoms with van der Waals surface area (Å²) in [6.07, 6.45) is 14.1. The van der Waals surface area contributed by atoms with Crippen LogP contribution in [-0.4, -0.2) is 7.12 Å². The smallest absolute Gasteiger partial charge is 0.523 e. The van der Waals surface area contributed by atoms with Gasteiger partial charge in [0.15, 0.2) is 0 Å². The average molecular weight is 298 g/mol. The first-order valence-electron chi connectivity index (χ1n) is 8.92. The molecule has 2 nitrogen and oxygen atoms in total. The third kappa shape index (κ3) is 4.09. The summed E-state index contributed by atoms with van der Waals surface area (Å²) < 4.78 is 11.6. The SMILES string of the molecule is CC1=CCCC1CCCCCCCB1Oc2ccccc2O1. The van der Waals surface area contributed by atoms with E-state index < -0.39 is 0 Å². The van der Waals surface area contributed by atoms with E-state index in [2.05, 4.69) is 13.0 Å². The molecule has 3 heteroatoms. The zero-order valence-corrected chi connectivity index (χ0v) is 13.7. The first-order chi connectivity index (χ1) is 10.8. The lowest BCUT2D eigenvalue weighted by Crippen LogP contribution is -2.23. The van der Waals surface area contributed by atoms with Crippen molar-refractivity contribution in [2.45, 2.75) is 64.6 Å². The molecule has 0 fully saturated rings. The second-order valence-corrected chi connectivity index (χ2v) is 6.68. The molecule has 1 heterocycles. The fraction of sp³-hybridized carbons (Fsp3) is 0.579. The Morgan fingerprint density at radius 3 is 2.36 bits per heavy atom. The number of unbranched alkanes of at least 4 members (excludes halogenated alkanes) is 4. The lowest BCUT2D eigenvalue weighted by atomic mass is 9.82. The average Bonchev–Trinajstić information content (AvgIpc) is 3.12. The summed E-state index contributed by atoms with van der Waals surface area (Å²) >= 11 is 0. The third-order valence-corrected chi connectivity index (χ3v) is 4.98. The van der Waals surface area contributed by atoms with Crippen molar-refractivity contribution in [1.29, 1.82) is 0 Å². The van der Waals surface area contributed by atoms with Crippen LogP contribution in [0.4, 0.5) is 0 Å². The van der Waals surface area contributed by atoms with Crippen LogP contribution in [0, 0.1) is 5.92 Å². The van der Waals surface area contributed by atoms with Crippen molar-refractivity contribution in [3.63, 3.8) is 0 Å². The van der Waals surface area contributed by atoms with Gasteiger partial charge in [0.1, 0.15) is 11.5 Å². The number of benzene rings is 1. The van der Waals surface area contributed by atoms with Crippen LogP contribution in [0.5, 0.6) is 11.5 Å². The molecule has 2 aliphatic rings. The molecule has 1 aromatic carbocycles. The summed E-state index contributed by atoms with van der Waals surface area (Å²) in [6, 6.07) is 7.95. The Bertz CT molecular complexity index is 487. The summed E-state index contributed by atoms with van der Waals surface area (Å²) in [4.78, 5) is 0. The van der Waals surface area contributed by atoms with E-state index in [1.54, 1.807) is 5.57 Å². The van der Waals surface area contributed by atoms with Crippen molar-refractivity contribution < 1.29 is 9.31 Å². The van der Waals surface area contributed by atoms with Gasteiger partial charge in [-0.3, -0.25) is 0 Å². The summed E-state index contributed by atoms with van der Waals surface area (Å²) in [5.41, 5.74) is 1.63. The number of allylic oxidation sites excluding steroid dienone is 2. The molecule has 0 bridgehead atoms. The molecular weight excluding hydrogens is 271 g/mol. The van der Waals surface area contributed by atoms with Gasteiger partial charge in [-0.1, -0.05) is 55.9 Å². The lowest BCUT2D eigenvalue weighted by Gasteiger charge is -2.11. The summed E-state index contributed by atoms with van der Waals surface area (Å²) in [5.74, 6) is 2.68. The van der Waals surface area contributed by atoms with E-state index in [1.165, 1.54) is 51.4 Å². The van der Waals surface area contributed by atoms with Crippen LogP contribution in [0.3, 0.4) is 0 Å². The van der Waals surface area contributed by atoms with Gasteiger partial charge >= 0.3 is 7.12 Å². The molecule has 3 rings (SSSR count). The Morgan fingerprint density at radius 2 is 1.68 bits per heavy atom. The Labute approximate surface area is 135 Å². The molecule has 0 spiro atoms. The number of hydrogen-bond donors (Lipinski definition) is 0. The normalized spacial score (nSPS) is 19.6. The largest absolute Gasteiger partial charge is 0.594 e. The van der Waals surface area contributed by atoms with Gasteiger partial charge in [0, 0.05) is 6.32 Å². The zero-order valence-electron chi connectivity index (χ0n) is 13.7. The molecule has 1 aliphatic heterocycles. The molecule has 0 saturated carbocycles. The van der Waals surface area contributed by atoms with Gasteiger partial charge in [-0.25, -0.2) is 0 Å². The highest BCUT2D eigenvalue weighted by atomic mass is 16.6. The zero-order chi connectivity index (χ0) is 15.2. The minimum Gasteiger partial charge on any atom is -0.523 e. The van der Waals surface area contributed by atoms with Gasteiger partial charge in [0.05, 0.1) is 0 Å². The standard InChI is InChI=1S/C19H27BO2/c1-16-10-9-12-17(16)11-5-3-2-4-8-15-20-21-18-13-6-7-14-19(18)22-20/h6-7,10,13-14,17H,2-5,8-9,11-12,15H2,1H3. The van der Waals surface area contributed by atoms with Crippen LogP contribution >= 0.6 is 0 Å². The number of rotatable bonds is 8. The molecule has 0 N–H and O–H groups in total. The fourth-order valence-electron chi connectivity index (χ4n) is 3.58. The Morgan fingerprint density at radius 1 is 1.00 bits per heavy atom. The van der Waals surface area contributed by atoms with E-state index in [0.29, 0.717) is 0 Å². The van der Waals surface area contributed by atoms with E-state index >= 15 is 0 Å². The molecule has 0 radical (unpaired) electrons. The monoisotopic (exact) mass is 298 g/mol. The molecule has 1 unspecified atom stereocenters. The first-order valence-corrected chi connectivity index (χ1v) is 8.92. The minimum absolute atomic E-state index is 0.0660. The quantitative estimate of drug-likeness (QED) is 0.351. The van der Waals surface area contributed by atoms with Crippen molar-refractivity contribution >= 4 is 7.12 Å². The van der Waals surface area contributed by atoms with Crippen molar-refractivity contribution in [3.8, 4) is 11.5 Å². The van der Waals surface area contributed by atoms with Crippen LogP contribution < -0.4 is 9.31 Å². The Kier molecular flexibility index (Phi) is 5.47. The van der Waals surface area contributed by atoms with Crippen LogP contribution in [0.15, 0.2) is 35.9 Å². The summed E-state index contributed by atoms with van der Waals surface area (Å²) in [5, 5.41) is 0. The van der Waals surface area contributed by atoms with Crippen LogP contribution in [0.2, 0.25) is 6.32 Å². The Balaban J connectivity index is 1.21. The van der Waals surface area contributed by atoms with Gasteiger partial charge in [0.25, 0.3) is 0 Å². The van der Waals surface area contributed by atoms with Gasteiger partial charge < -0.3 is 9.31 Å². The molecule has 1 aromatic rings. The predicted molar refractivity (Wildman–Crippen MR) is 92.4 cm³/mol. The van der Waals surface area contributed by atoms with Gasteiger partial charge in [-0.2, -0.15) is 0 Å². The number of para-hydroxylation sites is 2. The molecule has 0 aromatic heterocycles. The van der Waals surface area contributed by atoms with E-state index in [1.807, 2.05) is 24.3 Å². The second-order valence-electron chi connectivity index (χ2n) is 6.68. The van der Waals surface area contributed by atoms with E-state index in [4.69, 9.17) is 9.31 Å². The van der Waals surface area contributed by atoms with E-state index in [9.17, 15) is 0 Å². The van der Waals surface area contributed by atoms with Gasteiger partial charge in [-0.05, 0) is 44.2 Å². The molecular formula is C19H27BO2. The first kappa shape index (κ1) is 15.5. The third-order valence-electron chi connectivity index (χ3n) is 4.98. The maximum Gasteiger partial charge on any atom is 0.594 e. The number of fused-ring (bicyclic) bond motifs is 1. The lowest BCUT2D eigenvalue weighted by molar-refractivity contribution is 0.481. The summed E-state index contributed by atoms with van der Waals surface area (Å²) in [6.45, 7) is 2.30. The maximum absolute atomic E-state index is 5.79. The van der Waals surface area contributed by atoms with Crippen LogP contribution in [0.1, 0.15) is 58.3 Å². The van der Waals surface area contributed by atoms with Gasteiger partial charge in [0.2, 0.25) is 0 Å². The van der Waals surface area contributed by atoms with Crippen LogP contribution in [-0.2, 0) is 0 Å². The molecule has 1 aliphatic carbocycles. The summed E-state index contributed by atoms with van der Waals surface area (Å²) in [7, 11) is -0.0660. The molecule has 118 valence electrons. The van der Waals surface area contributed by atoms with E-state index in [0.717, 1.165) is 23.7 Å². The highest BCUT2D eigenvalue weighted by Gasteiger charge is 2.30. The molecule has 0 amide bonds. The molecule has 0 saturated heterocycles. The molecule has 22 heavy (non-hydrogen) atoms. The van der Waals surface area contributed by atoms with Crippen molar-refractivity contribution in [3.05, 3.63) is 35.9 Å². The second kappa shape index (κ2) is 7.76. The minimum atomic E-state index is -0.0660. The van der Waals surface area contributed by atoms with Crippen molar-refractivity contribution in [1.82, 2.24) is 0 Å². The van der Waals surface area contributed by atoms with Crippen molar-refractivity contribution in [2.24, 2.45) is 5.92 Å². The van der Waals surface area contributed by atoms with Crippen molar-refractivity contribution in [2.75, 3.05) is 0 Å². The molecule has 1 atom stereocenters. The number of hydrogen-bond acceptors (Lipinski definition) is 2. The topological polar surface area (TPSA) is 18.5 Å². The highest BCUT2D eigenvalue weighted by Crippen LogP contribution is 2.34. The van der Waals surface area contributed by atoms with Crippen LogP contribution in [0.25, 0.3) is 0 Å². The highest BCUT2D eigenvalue weighted by molar-refractivity contribution is 6.47.